The van der Waals surface area contributed by atoms with Crippen LogP contribution in [0.5, 0.6) is 11.5 Å². The Kier molecular flexibility index (Phi) is 7.92. The molecule has 1 N–H and O–H groups in total. The summed E-state index contributed by atoms with van der Waals surface area (Å²) in [5.41, 5.74) is 1.71. The average Bonchev–Trinajstić information content (AvgIpc) is 3.52. The number of sulfonamides is 1. The fourth-order valence-electron chi connectivity index (χ4n) is 3.85. The number of para-hydroxylation sites is 1. The van der Waals surface area contributed by atoms with Gasteiger partial charge >= 0.3 is 0 Å². The molecule has 1 aromatic carbocycles. The van der Waals surface area contributed by atoms with Crippen LogP contribution < -0.4 is 14.2 Å². The van der Waals surface area contributed by atoms with Crippen LogP contribution in [0.15, 0.2) is 42.9 Å². The molecular formula is C24H30N8O5S. The fourth-order valence-corrected chi connectivity index (χ4v) is 4.94. The second kappa shape index (κ2) is 11.1. The molecule has 0 aliphatic rings. The second-order valence-electron chi connectivity index (χ2n) is 8.42. The number of anilines is 1. The highest BCUT2D eigenvalue weighted by Gasteiger charge is 2.35. The molecule has 14 heteroatoms. The summed E-state index contributed by atoms with van der Waals surface area (Å²) < 4.78 is 50.0. The van der Waals surface area contributed by atoms with Gasteiger partial charge in [-0.2, -0.15) is 5.10 Å². The van der Waals surface area contributed by atoms with E-state index in [2.05, 4.69) is 30.0 Å². The highest BCUT2D eigenvalue weighted by molar-refractivity contribution is 7.93. The van der Waals surface area contributed by atoms with Gasteiger partial charge in [-0.1, -0.05) is 6.07 Å². The van der Waals surface area contributed by atoms with Crippen molar-refractivity contribution in [2.45, 2.75) is 32.1 Å². The summed E-state index contributed by atoms with van der Waals surface area (Å²) in [5.74, 6) is 1.28. The Balaban J connectivity index is 1.82. The van der Waals surface area contributed by atoms with Gasteiger partial charge in [0.05, 0.1) is 14.2 Å². The molecule has 0 spiro atoms. The van der Waals surface area contributed by atoms with Crippen LogP contribution in [-0.2, 0) is 21.8 Å². The molecule has 4 rings (SSSR count). The van der Waals surface area contributed by atoms with E-state index in [4.69, 9.17) is 14.2 Å². The molecule has 0 aliphatic heterocycles. The molecule has 0 fully saturated rings. The van der Waals surface area contributed by atoms with Crippen molar-refractivity contribution >= 4 is 16.0 Å². The lowest BCUT2D eigenvalue weighted by molar-refractivity contribution is 0.0557. The molecule has 0 saturated heterocycles. The molecule has 3 heterocycles. The molecule has 0 bridgehead atoms. The molecule has 202 valence electrons. The number of aryl methyl sites for hydroxylation is 2. The number of ether oxygens (including phenoxy) is 3. The van der Waals surface area contributed by atoms with Gasteiger partial charge in [0.25, 0.3) is 0 Å². The Morgan fingerprint density at radius 3 is 2.26 bits per heavy atom. The Morgan fingerprint density at radius 2 is 1.71 bits per heavy atom. The van der Waals surface area contributed by atoms with Gasteiger partial charge in [0.1, 0.15) is 34.2 Å². The first-order valence-electron chi connectivity index (χ1n) is 11.8. The zero-order valence-electron chi connectivity index (χ0n) is 22.0. The van der Waals surface area contributed by atoms with Gasteiger partial charge in [0, 0.05) is 32.2 Å². The normalized spacial score (nSPS) is 13.2. The molecule has 2 unspecified atom stereocenters. The molecule has 3 aromatic heterocycles. The predicted molar refractivity (Wildman–Crippen MR) is 140 cm³/mol. The second-order valence-corrected chi connectivity index (χ2v) is 10.5. The van der Waals surface area contributed by atoms with Gasteiger partial charge in [0.2, 0.25) is 16.0 Å². The van der Waals surface area contributed by atoms with Gasteiger partial charge in [0.15, 0.2) is 11.6 Å². The lowest BCUT2D eigenvalue weighted by Crippen LogP contribution is -2.34. The monoisotopic (exact) mass is 542 g/mol. The molecule has 0 radical (unpaired) electrons. The van der Waals surface area contributed by atoms with Crippen LogP contribution in [0.4, 0.5) is 5.95 Å². The van der Waals surface area contributed by atoms with E-state index in [0.29, 0.717) is 22.9 Å². The average molecular weight is 543 g/mol. The van der Waals surface area contributed by atoms with Gasteiger partial charge in [-0.15, -0.1) is 10.2 Å². The Bertz CT molecular complexity index is 1480. The maximum absolute atomic E-state index is 13.7. The van der Waals surface area contributed by atoms with Crippen LogP contribution in [0.3, 0.4) is 0 Å². The van der Waals surface area contributed by atoms with E-state index in [-0.39, 0.29) is 24.2 Å². The number of aromatic nitrogens is 7. The minimum Gasteiger partial charge on any atom is -0.494 e. The van der Waals surface area contributed by atoms with E-state index in [0.717, 1.165) is 5.56 Å². The first-order valence-corrected chi connectivity index (χ1v) is 13.3. The number of hydrogen-bond donors (Lipinski definition) is 1. The summed E-state index contributed by atoms with van der Waals surface area (Å²) in [4.78, 5) is 8.58. The summed E-state index contributed by atoms with van der Waals surface area (Å²) in [6, 6.07) is 6.94. The minimum absolute atomic E-state index is 0.0830. The molecular weight excluding hydrogens is 512 g/mol. The van der Waals surface area contributed by atoms with Crippen molar-refractivity contribution in [3.63, 3.8) is 0 Å². The van der Waals surface area contributed by atoms with Crippen LogP contribution in [0.25, 0.3) is 17.2 Å². The highest BCUT2D eigenvalue weighted by atomic mass is 32.2. The van der Waals surface area contributed by atoms with Crippen LogP contribution in [-0.4, -0.2) is 69.0 Å². The summed E-state index contributed by atoms with van der Waals surface area (Å²) in [5, 5.41) is 11.8. The first-order chi connectivity index (χ1) is 18.2. The molecule has 4 aromatic rings. The number of methoxy groups -OCH3 is 2. The van der Waals surface area contributed by atoms with Crippen molar-refractivity contribution < 1.29 is 22.6 Å². The molecule has 0 saturated carbocycles. The van der Waals surface area contributed by atoms with Crippen molar-refractivity contribution in [2.24, 2.45) is 7.05 Å². The zero-order chi connectivity index (χ0) is 27.4. The SMILES string of the molecule is CCOC(c1ncc(C)cn1)C(C)S(=O)(=O)Nc1nnc(-c2ccn(C)n2)n1-c1c(OC)cccc1OC. The van der Waals surface area contributed by atoms with Crippen molar-refractivity contribution in [3.05, 3.63) is 54.2 Å². The van der Waals surface area contributed by atoms with E-state index in [9.17, 15) is 8.42 Å². The van der Waals surface area contributed by atoms with Crippen molar-refractivity contribution in [3.8, 4) is 28.7 Å². The highest BCUT2D eigenvalue weighted by Crippen LogP contribution is 2.37. The van der Waals surface area contributed by atoms with Crippen molar-refractivity contribution in [2.75, 3.05) is 25.5 Å². The van der Waals surface area contributed by atoms with Crippen molar-refractivity contribution in [1.29, 1.82) is 0 Å². The van der Waals surface area contributed by atoms with Crippen LogP contribution in [0, 0.1) is 6.92 Å². The Hall–Kier alpha value is -4.04. The maximum Gasteiger partial charge on any atom is 0.243 e. The minimum atomic E-state index is -4.11. The topological polar surface area (TPSA) is 148 Å². The third kappa shape index (κ3) is 5.31. The smallest absolute Gasteiger partial charge is 0.243 e. The third-order valence-electron chi connectivity index (χ3n) is 5.78. The van der Waals surface area contributed by atoms with Gasteiger partial charge in [-0.3, -0.25) is 14.0 Å². The summed E-state index contributed by atoms with van der Waals surface area (Å²) >= 11 is 0. The summed E-state index contributed by atoms with van der Waals surface area (Å²) in [6.07, 6.45) is 4.05. The number of nitrogens with zero attached hydrogens (tertiary/aromatic N) is 7. The summed E-state index contributed by atoms with van der Waals surface area (Å²) in [6.45, 7) is 5.41. The Labute approximate surface area is 220 Å². The van der Waals surface area contributed by atoms with Gasteiger partial charge < -0.3 is 14.2 Å². The van der Waals surface area contributed by atoms with Crippen LogP contribution in [0.2, 0.25) is 0 Å². The van der Waals surface area contributed by atoms with Crippen LogP contribution in [0.1, 0.15) is 31.3 Å². The zero-order valence-corrected chi connectivity index (χ0v) is 22.8. The molecule has 38 heavy (non-hydrogen) atoms. The lowest BCUT2D eigenvalue weighted by atomic mass is 10.2. The molecule has 0 amide bonds. The quantitative estimate of drug-likeness (QED) is 0.300. The third-order valence-corrected chi connectivity index (χ3v) is 7.48. The molecule has 2 atom stereocenters. The number of nitrogens with one attached hydrogen (secondary N) is 1. The largest absolute Gasteiger partial charge is 0.494 e. The van der Waals surface area contributed by atoms with E-state index < -0.39 is 21.4 Å². The maximum atomic E-state index is 13.7. The van der Waals surface area contributed by atoms with E-state index in [1.165, 1.54) is 25.7 Å². The molecule has 0 aliphatic carbocycles. The predicted octanol–water partition coefficient (Wildman–Crippen LogP) is 2.69. The lowest BCUT2D eigenvalue weighted by Gasteiger charge is -2.23. The van der Waals surface area contributed by atoms with Crippen LogP contribution >= 0.6 is 0 Å². The number of rotatable bonds is 11. The fraction of sp³-hybridized carbons (Fsp3) is 0.375. The van der Waals surface area contributed by atoms with E-state index in [1.54, 1.807) is 61.5 Å². The Morgan fingerprint density at radius 1 is 1.05 bits per heavy atom. The van der Waals surface area contributed by atoms with Gasteiger partial charge in [-0.25, -0.2) is 18.4 Å². The summed E-state index contributed by atoms with van der Waals surface area (Å²) in [7, 11) is 0.659. The van der Waals surface area contributed by atoms with E-state index >= 15 is 0 Å². The number of benzene rings is 1. The molecule has 13 nitrogen and oxygen atoms in total. The number of hydrogen-bond acceptors (Lipinski definition) is 10. The standard InChI is InChI=1S/C24H30N8O5S/c1-7-37-21(22-25-13-15(2)14-26-22)16(3)38(33,34)30-24-28-27-23(17-11-12-31(4)29-17)32(24)20-18(35-5)9-8-10-19(20)36-6/h8-14,16,21H,7H2,1-6H3,(H,28,30). The van der Waals surface area contributed by atoms with Gasteiger partial charge in [-0.05, 0) is 44.5 Å². The van der Waals surface area contributed by atoms with E-state index in [1.807, 2.05) is 6.92 Å². The first kappa shape index (κ1) is 27.0. The van der Waals surface area contributed by atoms with Crippen molar-refractivity contribution in [1.82, 2.24) is 34.5 Å².